The van der Waals surface area contributed by atoms with E-state index >= 15 is 0 Å². The van der Waals surface area contributed by atoms with Gasteiger partial charge in [-0.3, -0.25) is 4.79 Å². The maximum Gasteiger partial charge on any atom is 0.220 e. The van der Waals surface area contributed by atoms with Gasteiger partial charge in [0.2, 0.25) is 5.91 Å². The smallest absolute Gasteiger partial charge is 0.220 e. The van der Waals surface area contributed by atoms with E-state index in [0.717, 1.165) is 6.42 Å². The fraction of sp³-hybridized carbons (Fsp3) is 0.900. The van der Waals surface area contributed by atoms with Crippen LogP contribution in [0.3, 0.4) is 0 Å². The van der Waals surface area contributed by atoms with Crippen molar-refractivity contribution in [1.82, 2.24) is 5.32 Å². The molecule has 0 atom stereocenters. The van der Waals surface area contributed by atoms with Gasteiger partial charge in [-0.2, -0.15) is 0 Å². The zero-order chi connectivity index (χ0) is 9.90. The Kier molecular flexibility index (Phi) is 3.31. The van der Waals surface area contributed by atoms with Crippen molar-refractivity contribution >= 4 is 5.91 Å². The van der Waals surface area contributed by atoms with Gasteiger partial charge in [-0.15, -0.1) is 0 Å². The molecule has 1 fully saturated rings. The predicted molar refractivity (Wildman–Crippen MR) is 53.2 cm³/mol. The maximum absolute atomic E-state index is 11.4. The molecule has 1 amide bonds. The normalized spacial score (nSPS) is 17.2. The fourth-order valence-electron chi connectivity index (χ4n) is 1.59. The second-order valence-electron chi connectivity index (χ2n) is 4.44. The molecule has 0 spiro atoms. The first-order valence-corrected chi connectivity index (χ1v) is 5.07. The number of carbonyl (C=O) groups is 1. The van der Waals surface area contributed by atoms with Crippen LogP contribution in [0.5, 0.6) is 0 Å². The Morgan fingerprint density at radius 1 is 1.54 bits per heavy atom. The van der Waals surface area contributed by atoms with Crippen molar-refractivity contribution in [2.24, 2.45) is 11.7 Å². The highest BCUT2D eigenvalue weighted by Crippen LogP contribution is 2.39. The summed E-state index contributed by atoms with van der Waals surface area (Å²) in [6, 6.07) is 0. The SMILES string of the molecule is CC(C)(NC(=O)CCCN)C1CC1. The lowest BCUT2D eigenvalue weighted by molar-refractivity contribution is -0.123. The standard InChI is InChI=1S/C10H20N2O/c1-10(2,8-5-6-8)12-9(13)4-3-7-11/h8H,3-7,11H2,1-2H3,(H,12,13). The molecule has 0 bridgehead atoms. The van der Waals surface area contributed by atoms with Crippen LogP contribution in [-0.4, -0.2) is 18.0 Å². The van der Waals surface area contributed by atoms with Crippen LogP contribution >= 0.6 is 0 Å². The number of rotatable bonds is 5. The molecule has 3 heteroatoms. The minimum Gasteiger partial charge on any atom is -0.351 e. The average Bonchev–Trinajstić information content (AvgIpc) is 2.81. The zero-order valence-electron chi connectivity index (χ0n) is 8.60. The van der Waals surface area contributed by atoms with Crippen molar-refractivity contribution in [3.63, 3.8) is 0 Å². The molecule has 76 valence electrons. The molecule has 13 heavy (non-hydrogen) atoms. The third-order valence-electron chi connectivity index (χ3n) is 2.67. The number of nitrogens with two attached hydrogens (primary N) is 1. The maximum atomic E-state index is 11.4. The zero-order valence-corrected chi connectivity index (χ0v) is 8.60. The van der Waals surface area contributed by atoms with Crippen LogP contribution in [0.1, 0.15) is 39.5 Å². The van der Waals surface area contributed by atoms with Gasteiger partial charge in [0.15, 0.2) is 0 Å². The van der Waals surface area contributed by atoms with E-state index in [1.807, 2.05) is 0 Å². The molecule has 0 unspecified atom stereocenters. The largest absolute Gasteiger partial charge is 0.351 e. The van der Waals surface area contributed by atoms with Crippen LogP contribution < -0.4 is 11.1 Å². The highest BCUT2D eigenvalue weighted by atomic mass is 16.1. The summed E-state index contributed by atoms with van der Waals surface area (Å²) in [5.41, 5.74) is 5.32. The van der Waals surface area contributed by atoms with Crippen molar-refractivity contribution in [2.75, 3.05) is 6.54 Å². The van der Waals surface area contributed by atoms with E-state index in [4.69, 9.17) is 5.73 Å². The lowest BCUT2D eigenvalue weighted by Crippen LogP contribution is -2.45. The van der Waals surface area contributed by atoms with Crippen LogP contribution in [0.25, 0.3) is 0 Å². The van der Waals surface area contributed by atoms with Gasteiger partial charge < -0.3 is 11.1 Å². The molecule has 0 radical (unpaired) electrons. The Morgan fingerprint density at radius 3 is 2.62 bits per heavy atom. The summed E-state index contributed by atoms with van der Waals surface area (Å²) in [5.74, 6) is 0.830. The van der Waals surface area contributed by atoms with Crippen molar-refractivity contribution < 1.29 is 4.79 Å². The van der Waals surface area contributed by atoms with Crippen molar-refractivity contribution in [2.45, 2.75) is 45.1 Å². The van der Waals surface area contributed by atoms with Crippen molar-refractivity contribution in [3.8, 4) is 0 Å². The molecule has 0 saturated heterocycles. The van der Waals surface area contributed by atoms with Crippen LogP contribution in [0.4, 0.5) is 0 Å². The first kappa shape index (κ1) is 10.5. The van der Waals surface area contributed by atoms with Crippen LogP contribution in [-0.2, 0) is 4.79 Å². The third-order valence-corrected chi connectivity index (χ3v) is 2.67. The Balaban J connectivity index is 2.25. The van der Waals surface area contributed by atoms with Crippen LogP contribution in [0, 0.1) is 5.92 Å². The highest BCUT2D eigenvalue weighted by Gasteiger charge is 2.38. The lowest BCUT2D eigenvalue weighted by atomic mass is 9.98. The molecule has 0 aliphatic heterocycles. The second-order valence-corrected chi connectivity index (χ2v) is 4.44. The third kappa shape index (κ3) is 3.35. The van der Waals surface area contributed by atoms with E-state index in [-0.39, 0.29) is 11.4 Å². The van der Waals surface area contributed by atoms with Gasteiger partial charge in [-0.05, 0) is 45.6 Å². The molecule has 3 nitrogen and oxygen atoms in total. The summed E-state index contributed by atoms with van der Waals surface area (Å²) in [5, 5.41) is 3.06. The molecule has 1 aliphatic rings. The van der Waals surface area contributed by atoms with E-state index in [9.17, 15) is 4.79 Å². The number of carbonyl (C=O) groups excluding carboxylic acids is 1. The first-order chi connectivity index (χ1) is 6.06. The van der Waals surface area contributed by atoms with E-state index in [1.165, 1.54) is 12.8 Å². The van der Waals surface area contributed by atoms with E-state index in [2.05, 4.69) is 19.2 Å². The second kappa shape index (κ2) is 4.09. The topological polar surface area (TPSA) is 55.1 Å². The Morgan fingerprint density at radius 2 is 2.15 bits per heavy atom. The van der Waals surface area contributed by atoms with Gasteiger partial charge in [0.1, 0.15) is 0 Å². The van der Waals surface area contributed by atoms with Crippen molar-refractivity contribution in [1.29, 1.82) is 0 Å². The monoisotopic (exact) mass is 184 g/mol. The molecular weight excluding hydrogens is 164 g/mol. The van der Waals surface area contributed by atoms with Gasteiger partial charge in [-0.1, -0.05) is 0 Å². The predicted octanol–water partition coefficient (Wildman–Crippen LogP) is 1.03. The van der Waals surface area contributed by atoms with Crippen LogP contribution in [0.2, 0.25) is 0 Å². The molecule has 0 heterocycles. The van der Waals surface area contributed by atoms with Gasteiger partial charge in [0.05, 0.1) is 0 Å². The Labute approximate surface area is 80.1 Å². The van der Waals surface area contributed by atoms with Crippen LogP contribution in [0.15, 0.2) is 0 Å². The molecule has 1 rings (SSSR count). The fourth-order valence-corrected chi connectivity index (χ4v) is 1.59. The Bertz CT molecular complexity index is 185. The summed E-state index contributed by atoms with van der Waals surface area (Å²) >= 11 is 0. The summed E-state index contributed by atoms with van der Waals surface area (Å²) in [4.78, 5) is 11.4. The molecule has 3 N–H and O–H groups in total. The molecule has 0 aromatic rings. The number of nitrogens with one attached hydrogen (secondary N) is 1. The molecule has 1 aliphatic carbocycles. The van der Waals surface area contributed by atoms with Gasteiger partial charge in [-0.25, -0.2) is 0 Å². The minimum absolute atomic E-state index is 0.00825. The van der Waals surface area contributed by atoms with Crippen molar-refractivity contribution in [3.05, 3.63) is 0 Å². The molecular formula is C10H20N2O. The van der Waals surface area contributed by atoms with E-state index in [1.54, 1.807) is 0 Å². The first-order valence-electron chi connectivity index (χ1n) is 5.07. The molecule has 0 aromatic carbocycles. The van der Waals surface area contributed by atoms with E-state index < -0.39 is 0 Å². The summed E-state index contributed by atoms with van der Waals surface area (Å²) in [6.45, 7) is 4.80. The molecule has 1 saturated carbocycles. The van der Waals surface area contributed by atoms with Gasteiger partial charge in [0.25, 0.3) is 0 Å². The number of amides is 1. The Hall–Kier alpha value is -0.570. The minimum atomic E-state index is -0.00825. The van der Waals surface area contributed by atoms with E-state index in [0.29, 0.717) is 18.9 Å². The average molecular weight is 184 g/mol. The van der Waals surface area contributed by atoms with Gasteiger partial charge >= 0.3 is 0 Å². The summed E-state index contributed by atoms with van der Waals surface area (Å²) in [6.07, 6.45) is 3.85. The lowest BCUT2D eigenvalue weighted by Gasteiger charge is -2.26. The summed E-state index contributed by atoms with van der Waals surface area (Å²) in [7, 11) is 0. The molecule has 0 aromatic heterocycles. The number of hydrogen-bond donors (Lipinski definition) is 2. The number of hydrogen-bond acceptors (Lipinski definition) is 2. The van der Waals surface area contributed by atoms with Gasteiger partial charge in [0, 0.05) is 12.0 Å². The highest BCUT2D eigenvalue weighted by molar-refractivity contribution is 5.76. The quantitative estimate of drug-likeness (QED) is 0.670. The summed E-state index contributed by atoms with van der Waals surface area (Å²) < 4.78 is 0.